The van der Waals surface area contributed by atoms with Crippen LogP contribution in [0, 0.1) is 6.92 Å². The number of ether oxygens (including phenoxy) is 1. The van der Waals surface area contributed by atoms with Crippen molar-refractivity contribution in [2.45, 2.75) is 20.0 Å². The first-order valence-corrected chi connectivity index (χ1v) is 7.83. The summed E-state index contributed by atoms with van der Waals surface area (Å²) in [6.45, 7) is 3.57. The third-order valence-corrected chi connectivity index (χ3v) is 4.09. The van der Waals surface area contributed by atoms with Crippen LogP contribution in [0.2, 0.25) is 0 Å². The molecule has 2 aromatic rings. The van der Waals surface area contributed by atoms with E-state index in [1.807, 2.05) is 12.1 Å². The quantitative estimate of drug-likeness (QED) is 0.817. The van der Waals surface area contributed by atoms with Crippen LogP contribution in [-0.2, 0) is 13.1 Å². The number of aromatic nitrogens is 1. The lowest BCUT2D eigenvalue weighted by Gasteiger charge is -2.09. The van der Waals surface area contributed by atoms with Gasteiger partial charge in [0.1, 0.15) is 5.75 Å². The molecule has 2 rings (SSSR count). The number of pyridine rings is 1. The number of nitrogens with one attached hydrogen (secondary N) is 1. The van der Waals surface area contributed by atoms with Gasteiger partial charge in [-0.3, -0.25) is 4.98 Å². The van der Waals surface area contributed by atoms with Gasteiger partial charge < -0.3 is 10.1 Å². The molecule has 0 aliphatic heterocycles. The minimum atomic E-state index is 0.721. The van der Waals surface area contributed by atoms with E-state index >= 15 is 0 Å². The maximum absolute atomic E-state index is 5.26. The lowest BCUT2D eigenvalue weighted by molar-refractivity contribution is 0.411. The van der Waals surface area contributed by atoms with Gasteiger partial charge in [0, 0.05) is 28.2 Å². The minimum Gasteiger partial charge on any atom is -0.496 e. The Balaban J connectivity index is 1.94. The predicted molar refractivity (Wildman–Crippen MR) is 87.9 cm³/mol. The maximum atomic E-state index is 5.26. The van der Waals surface area contributed by atoms with E-state index in [1.54, 1.807) is 13.3 Å². The summed E-state index contributed by atoms with van der Waals surface area (Å²) in [4.78, 5) is 4.38. The van der Waals surface area contributed by atoms with Crippen LogP contribution in [0.25, 0.3) is 0 Å². The number of hydrogen-bond acceptors (Lipinski definition) is 3. The third kappa shape index (κ3) is 4.04. The highest BCUT2D eigenvalue weighted by atomic mass is 79.9. The number of nitrogens with zero attached hydrogens (tertiary/aromatic N) is 1. The van der Waals surface area contributed by atoms with Crippen LogP contribution < -0.4 is 10.1 Å². The zero-order valence-corrected chi connectivity index (χ0v) is 14.6. The van der Waals surface area contributed by atoms with Crippen LogP contribution in [0.4, 0.5) is 0 Å². The zero-order valence-electron chi connectivity index (χ0n) is 11.4. The molecule has 0 saturated heterocycles. The fourth-order valence-corrected chi connectivity index (χ4v) is 3.08. The summed E-state index contributed by atoms with van der Waals surface area (Å²) in [5.41, 5.74) is 3.38. The van der Waals surface area contributed by atoms with Crippen molar-refractivity contribution in [3.05, 3.63) is 56.2 Å². The van der Waals surface area contributed by atoms with Crippen molar-refractivity contribution in [3.63, 3.8) is 0 Å². The molecule has 0 spiro atoms. The largest absolute Gasteiger partial charge is 0.496 e. The second kappa shape index (κ2) is 7.20. The number of benzene rings is 1. The lowest BCUT2D eigenvalue weighted by Crippen LogP contribution is -2.14. The normalized spacial score (nSPS) is 10.6. The topological polar surface area (TPSA) is 34.1 Å². The number of aryl methyl sites for hydroxylation is 1. The summed E-state index contributed by atoms with van der Waals surface area (Å²) >= 11 is 6.91. The van der Waals surface area contributed by atoms with Crippen LogP contribution >= 0.6 is 31.9 Å². The Labute approximate surface area is 136 Å². The second-order valence-corrected chi connectivity index (χ2v) is 6.26. The highest BCUT2D eigenvalue weighted by Crippen LogP contribution is 2.20. The van der Waals surface area contributed by atoms with Crippen molar-refractivity contribution in [1.82, 2.24) is 10.3 Å². The molecule has 0 radical (unpaired) electrons. The van der Waals surface area contributed by atoms with Gasteiger partial charge in [-0.1, -0.05) is 12.1 Å². The Bertz CT molecular complexity index is 602. The summed E-state index contributed by atoms with van der Waals surface area (Å²) in [6.07, 6.45) is 1.80. The summed E-state index contributed by atoms with van der Waals surface area (Å²) in [5, 5.41) is 3.39. The molecular formula is C15H16Br2N2O. The second-order valence-electron chi connectivity index (χ2n) is 4.49. The van der Waals surface area contributed by atoms with Gasteiger partial charge in [0.2, 0.25) is 0 Å². The van der Waals surface area contributed by atoms with E-state index < -0.39 is 0 Å². The molecule has 3 nitrogen and oxygen atoms in total. The van der Waals surface area contributed by atoms with Crippen LogP contribution in [0.1, 0.15) is 16.8 Å². The highest BCUT2D eigenvalue weighted by Gasteiger charge is 2.03. The van der Waals surface area contributed by atoms with E-state index in [1.165, 1.54) is 5.56 Å². The Kier molecular flexibility index (Phi) is 5.57. The Morgan fingerprint density at radius 2 is 2.00 bits per heavy atom. The molecule has 1 aromatic carbocycles. The number of hydrogen-bond donors (Lipinski definition) is 1. The lowest BCUT2D eigenvalue weighted by atomic mass is 10.1. The molecule has 0 aliphatic carbocycles. The SMILES string of the molecule is COc1ccc(CNCc2ncc(Br)cc2Br)cc1C. The van der Waals surface area contributed by atoms with Gasteiger partial charge in [0.15, 0.2) is 0 Å². The van der Waals surface area contributed by atoms with Crippen molar-refractivity contribution in [3.8, 4) is 5.75 Å². The highest BCUT2D eigenvalue weighted by molar-refractivity contribution is 9.11. The van der Waals surface area contributed by atoms with Gasteiger partial charge in [-0.2, -0.15) is 0 Å². The smallest absolute Gasteiger partial charge is 0.121 e. The van der Waals surface area contributed by atoms with E-state index in [4.69, 9.17) is 4.74 Å². The van der Waals surface area contributed by atoms with Crippen molar-refractivity contribution in [2.24, 2.45) is 0 Å². The molecule has 0 unspecified atom stereocenters. The molecule has 1 heterocycles. The molecule has 1 N–H and O–H groups in total. The summed E-state index contributed by atoms with van der Waals surface area (Å²) in [7, 11) is 1.69. The van der Waals surface area contributed by atoms with Crippen molar-refractivity contribution >= 4 is 31.9 Å². The van der Waals surface area contributed by atoms with Crippen LogP contribution in [0.5, 0.6) is 5.75 Å². The molecule has 0 saturated carbocycles. The molecule has 0 fully saturated rings. The molecule has 5 heteroatoms. The number of methoxy groups -OCH3 is 1. The van der Waals surface area contributed by atoms with Gasteiger partial charge in [-0.15, -0.1) is 0 Å². The fraction of sp³-hybridized carbons (Fsp3) is 0.267. The van der Waals surface area contributed by atoms with Gasteiger partial charge in [0.25, 0.3) is 0 Å². The third-order valence-electron chi connectivity index (χ3n) is 2.96. The van der Waals surface area contributed by atoms with E-state index in [-0.39, 0.29) is 0 Å². The van der Waals surface area contributed by atoms with E-state index in [0.29, 0.717) is 0 Å². The van der Waals surface area contributed by atoms with Gasteiger partial charge in [0.05, 0.1) is 12.8 Å². The van der Waals surface area contributed by atoms with E-state index in [2.05, 4.69) is 61.2 Å². The van der Waals surface area contributed by atoms with Crippen LogP contribution in [-0.4, -0.2) is 12.1 Å². The van der Waals surface area contributed by atoms with Gasteiger partial charge >= 0.3 is 0 Å². The molecule has 0 amide bonds. The van der Waals surface area contributed by atoms with E-state index in [9.17, 15) is 0 Å². The molecule has 0 aliphatic rings. The standard InChI is InChI=1S/C15H16Br2N2O/c1-10-5-11(3-4-15(10)20-2)7-18-9-14-13(17)6-12(16)8-19-14/h3-6,8,18H,7,9H2,1-2H3. The monoisotopic (exact) mass is 398 g/mol. The Hall–Kier alpha value is -0.910. The average molecular weight is 400 g/mol. The number of halogens is 2. The van der Waals surface area contributed by atoms with Crippen molar-refractivity contribution < 1.29 is 4.74 Å². The first-order chi connectivity index (χ1) is 9.60. The molecule has 1 aromatic heterocycles. The van der Waals surface area contributed by atoms with Gasteiger partial charge in [-0.05, 0) is 62.0 Å². The summed E-state index contributed by atoms with van der Waals surface area (Å²) in [6, 6.07) is 8.21. The molecule has 0 bridgehead atoms. The maximum Gasteiger partial charge on any atom is 0.121 e. The molecule has 20 heavy (non-hydrogen) atoms. The first kappa shape index (κ1) is 15.5. The zero-order chi connectivity index (χ0) is 14.5. The molecule has 106 valence electrons. The van der Waals surface area contributed by atoms with Crippen LogP contribution in [0.3, 0.4) is 0 Å². The van der Waals surface area contributed by atoms with E-state index in [0.717, 1.165) is 39.0 Å². The van der Waals surface area contributed by atoms with Gasteiger partial charge in [-0.25, -0.2) is 0 Å². The Morgan fingerprint density at radius 3 is 2.65 bits per heavy atom. The first-order valence-electron chi connectivity index (χ1n) is 6.24. The van der Waals surface area contributed by atoms with Crippen molar-refractivity contribution in [1.29, 1.82) is 0 Å². The van der Waals surface area contributed by atoms with Crippen LogP contribution in [0.15, 0.2) is 39.4 Å². The molecular weight excluding hydrogens is 384 g/mol. The minimum absolute atomic E-state index is 0.721. The predicted octanol–water partition coefficient (Wildman–Crippen LogP) is 4.21. The fourth-order valence-electron chi connectivity index (χ4n) is 1.95. The number of rotatable bonds is 5. The average Bonchev–Trinajstić information content (AvgIpc) is 2.41. The van der Waals surface area contributed by atoms with Crippen molar-refractivity contribution in [2.75, 3.05) is 7.11 Å². The molecule has 0 atom stereocenters. The Morgan fingerprint density at radius 1 is 1.20 bits per heavy atom. The summed E-state index contributed by atoms with van der Waals surface area (Å²) in [5.74, 6) is 0.922. The summed E-state index contributed by atoms with van der Waals surface area (Å²) < 4.78 is 7.24.